The lowest BCUT2D eigenvalue weighted by Gasteiger charge is -2.19. The van der Waals surface area contributed by atoms with Crippen molar-refractivity contribution in [3.05, 3.63) is 83.0 Å². The molecule has 0 spiro atoms. The van der Waals surface area contributed by atoms with Crippen LogP contribution < -0.4 is 9.64 Å². The summed E-state index contributed by atoms with van der Waals surface area (Å²) in [5.74, 6) is 0.658. The van der Waals surface area contributed by atoms with E-state index in [1.807, 2.05) is 55.3 Å². The van der Waals surface area contributed by atoms with Crippen molar-refractivity contribution in [2.24, 2.45) is 0 Å². The van der Waals surface area contributed by atoms with Gasteiger partial charge in [-0.25, -0.2) is 4.98 Å². The molecule has 0 atom stereocenters. The highest BCUT2D eigenvalue weighted by Gasteiger charge is 2.13. The van der Waals surface area contributed by atoms with Crippen LogP contribution in [0.4, 0.5) is 5.69 Å². The smallest absolute Gasteiger partial charge is 0.146 e. The van der Waals surface area contributed by atoms with Crippen LogP contribution in [0.1, 0.15) is 18.2 Å². The molecule has 2 aromatic heterocycles. The Balaban J connectivity index is 2.05. The maximum absolute atomic E-state index is 6.19. The van der Waals surface area contributed by atoms with Crippen LogP contribution in [0.2, 0.25) is 10.0 Å². The van der Waals surface area contributed by atoms with E-state index in [1.165, 1.54) is 0 Å². The van der Waals surface area contributed by atoms with Crippen LogP contribution >= 0.6 is 23.2 Å². The lowest BCUT2D eigenvalue weighted by atomic mass is 10.1. The van der Waals surface area contributed by atoms with Crippen molar-refractivity contribution in [3.63, 3.8) is 0 Å². The number of allylic oxidation sites excluding steroid dienone is 1. The second kappa shape index (κ2) is 8.42. The summed E-state index contributed by atoms with van der Waals surface area (Å²) in [4.78, 5) is 10.6. The van der Waals surface area contributed by atoms with Crippen LogP contribution in [0.25, 0.3) is 10.9 Å². The normalized spacial score (nSPS) is 11.1. The van der Waals surface area contributed by atoms with Crippen molar-refractivity contribution in [1.29, 1.82) is 0 Å². The number of hydrogen-bond acceptors (Lipinski definition) is 4. The number of halogens is 2. The zero-order valence-corrected chi connectivity index (χ0v) is 16.6. The first-order chi connectivity index (χ1) is 13.0. The van der Waals surface area contributed by atoms with Gasteiger partial charge in [-0.05, 0) is 26.0 Å². The number of pyridine rings is 2. The van der Waals surface area contributed by atoms with E-state index in [2.05, 4.69) is 16.5 Å². The van der Waals surface area contributed by atoms with E-state index in [4.69, 9.17) is 27.9 Å². The van der Waals surface area contributed by atoms with Crippen LogP contribution in [0, 0.1) is 6.92 Å². The van der Waals surface area contributed by atoms with Gasteiger partial charge < -0.3 is 9.64 Å². The number of hydrogen-bond donors (Lipinski definition) is 0. The molecule has 1 aromatic carbocycles. The molecule has 138 valence electrons. The Morgan fingerprint density at radius 3 is 2.63 bits per heavy atom. The number of benzene rings is 1. The van der Waals surface area contributed by atoms with Crippen molar-refractivity contribution < 1.29 is 4.74 Å². The highest BCUT2D eigenvalue weighted by Crippen LogP contribution is 2.34. The van der Waals surface area contributed by atoms with Gasteiger partial charge in [0.2, 0.25) is 0 Å². The first kappa shape index (κ1) is 19.2. The van der Waals surface area contributed by atoms with E-state index in [9.17, 15) is 0 Å². The number of anilines is 1. The van der Waals surface area contributed by atoms with Crippen molar-refractivity contribution in [2.75, 3.05) is 4.90 Å². The Bertz CT molecular complexity index is 997. The van der Waals surface area contributed by atoms with Crippen LogP contribution in [0.15, 0.2) is 61.7 Å². The van der Waals surface area contributed by atoms with Crippen molar-refractivity contribution in [3.8, 4) is 5.75 Å². The lowest BCUT2D eigenvalue weighted by Crippen LogP contribution is -2.08. The summed E-state index contributed by atoms with van der Waals surface area (Å²) in [6.07, 6.45) is 8.77. The van der Waals surface area contributed by atoms with Crippen molar-refractivity contribution >= 4 is 39.8 Å². The molecule has 27 heavy (non-hydrogen) atoms. The van der Waals surface area contributed by atoms with E-state index >= 15 is 0 Å². The number of nitrogens with zero attached hydrogens (tertiary/aromatic N) is 3. The molecule has 0 saturated carbocycles. The standard InChI is InChI=1S/C21H19Cl2N3O/c1-4-9-26(5-2)19-10-14(3)25-21-15(19)7-6-8-20(21)27-13-16-17(22)11-24-12-18(16)23/h4-12H,2,13H2,1,3H3/b9-4-. The Kier molecular flexibility index (Phi) is 5.99. The maximum Gasteiger partial charge on any atom is 0.146 e. The molecule has 0 saturated heterocycles. The van der Waals surface area contributed by atoms with Crippen LogP contribution in [-0.2, 0) is 6.61 Å². The molecule has 3 rings (SSSR count). The second-order valence-corrected chi connectivity index (χ2v) is 6.69. The minimum Gasteiger partial charge on any atom is -0.487 e. The topological polar surface area (TPSA) is 38.2 Å². The summed E-state index contributed by atoms with van der Waals surface area (Å²) in [5, 5.41) is 1.90. The number of ether oxygens (including phenoxy) is 1. The van der Waals surface area contributed by atoms with E-state index < -0.39 is 0 Å². The molecule has 0 aliphatic carbocycles. The predicted molar refractivity (Wildman–Crippen MR) is 113 cm³/mol. The molecule has 6 heteroatoms. The fourth-order valence-corrected chi connectivity index (χ4v) is 3.26. The first-order valence-electron chi connectivity index (χ1n) is 8.40. The van der Waals surface area contributed by atoms with Crippen LogP contribution in [-0.4, -0.2) is 9.97 Å². The first-order valence-corrected chi connectivity index (χ1v) is 9.15. The average molecular weight is 400 g/mol. The number of aryl methyl sites for hydroxylation is 1. The van der Waals surface area contributed by atoms with Gasteiger partial charge >= 0.3 is 0 Å². The predicted octanol–water partition coefficient (Wildman–Crippen LogP) is 6.31. The van der Waals surface area contributed by atoms with Gasteiger partial charge in [-0.3, -0.25) is 4.98 Å². The molecule has 0 bridgehead atoms. The summed E-state index contributed by atoms with van der Waals surface area (Å²) < 4.78 is 6.03. The Labute approximate surface area is 168 Å². The molecular weight excluding hydrogens is 381 g/mol. The Morgan fingerprint density at radius 1 is 1.22 bits per heavy atom. The molecule has 3 aromatic rings. The molecule has 2 heterocycles. The molecule has 0 N–H and O–H groups in total. The van der Waals surface area contributed by atoms with E-state index in [0.717, 1.165) is 22.3 Å². The fraction of sp³-hybridized carbons (Fsp3) is 0.143. The van der Waals surface area contributed by atoms with Crippen molar-refractivity contribution in [1.82, 2.24) is 9.97 Å². The number of aromatic nitrogens is 2. The quantitative estimate of drug-likeness (QED) is 0.486. The average Bonchev–Trinajstić information content (AvgIpc) is 2.65. The van der Waals surface area contributed by atoms with Gasteiger partial charge in [-0.2, -0.15) is 0 Å². The lowest BCUT2D eigenvalue weighted by molar-refractivity contribution is 0.309. The molecule has 4 nitrogen and oxygen atoms in total. The molecule has 0 amide bonds. The van der Waals surface area contributed by atoms with Gasteiger partial charge in [0.15, 0.2) is 0 Å². The van der Waals surface area contributed by atoms with E-state index in [0.29, 0.717) is 21.4 Å². The molecule has 0 aliphatic rings. The van der Waals surface area contributed by atoms with Crippen LogP contribution in [0.5, 0.6) is 5.75 Å². The largest absolute Gasteiger partial charge is 0.487 e. The highest BCUT2D eigenvalue weighted by atomic mass is 35.5. The van der Waals surface area contributed by atoms with Gasteiger partial charge in [0.25, 0.3) is 0 Å². The zero-order chi connectivity index (χ0) is 19.4. The third kappa shape index (κ3) is 4.07. The SMILES string of the molecule is C=CN(/C=C\C)c1cc(C)nc2c(OCc3c(Cl)cncc3Cl)cccc12. The van der Waals surface area contributed by atoms with Gasteiger partial charge in [-0.15, -0.1) is 0 Å². The Morgan fingerprint density at radius 2 is 1.96 bits per heavy atom. The Hall–Kier alpha value is -2.56. The van der Waals surface area contributed by atoms with Gasteiger partial charge in [0.05, 0.1) is 15.7 Å². The zero-order valence-electron chi connectivity index (χ0n) is 15.1. The number of fused-ring (bicyclic) bond motifs is 1. The second-order valence-electron chi connectivity index (χ2n) is 5.88. The summed E-state index contributed by atoms with van der Waals surface area (Å²) in [5.41, 5.74) is 3.32. The van der Waals surface area contributed by atoms with Crippen molar-refractivity contribution in [2.45, 2.75) is 20.5 Å². The number of rotatable bonds is 6. The minimum absolute atomic E-state index is 0.226. The van der Waals surface area contributed by atoms with Gasteiger partial charge in [0, 0.05) is 41.4 Å². The highest BCUT2D eigenvalue weighted by molar-refractivity contribution is 6.35. The van der Waals surface area contributed by atoms with Gasteiger partial charge in [-0.1, -0.05) is 48.0 Å². The number of para-hydroxylation sites is 1. The third-order valence-corrected chi connectivity index (χ3v) is 4.67. The van der Waals surface area contributed by atoms with E-state index in [-0.39, 0.29) is 6.61 Å². The summed E-state index contributed by atoms with van der Waals surface area (Å²) in [7, 11) is 0. The van der Waals surface area contributed by atoms with Crippen LogP contribution in [0.3, 0.4) is 0 Å². The maximum atomic E-state index is 6.19. The summed E-state index contributed by atoms with van der Waals surface area (Å²) >= 11 is 12.4. The van der Waals surface area contributed by atoms with Gasteiger partial charge in [0.1, 0.15) is 17.9 Å². The molecule has 0 fully saturated rings. The fourth-order valence-electron chi connectivity index (χ4n) is 2.78. The van der Waals surface area contributed by atoms with E-state index in [1.54, 1.807) is 18.6 Å². The molecule has 0 aliphatic heterocycles. The molecule has 0 radical (unpaired) electrons. The monoisotopic (exact) mass is 399 g/mol. The third-order valence-electron chi connectivity index (χ3n) is 4.02. The molecular formula is C21H19Cl2N3O. The molecule has 0 unspecified atom stereocenters. The summed E-state index contributed by atoms with van der Waals surface area (Å²) in [6.45, 7) is 8.04. The summed E-state index contributed by atoms with van der Waals surface area (Å²) in [6, 6.07) is 7.85. The minimum atomic E-state index is 0.226.